The number of halogens is 1. The van der Waals surface area contributed by atoms with Gasteiger partial charge in [0.05, 0.1) is 6.42 Å². The number of amides is 1. The molecule has 0 atom stereocenters. The third kappa shape index (κ3) is 4.39. The Balaban J connectivity index is 1.53. The topological polar surface area (TPSA) is 52.6 Å². The summed E-state index contributed by atoms with van der Waals surface area (Å²) < 4.78 is 0. The second kappa shape index (κ2) is 7.70. The summed E-state index contributed by atoms with van der Waals surface area (Å²) in [5.74, 6) is 0.968. The first-order valence-electron chi connectivity index (χ1n) is 8.31. The van der Waals surface area contributed by atoms with Gasteiger partial charge in [-0.05, 0) is 29.8 Å². The fourth-order valence-corrected chi connectivity index (χ4v) is 2.96. The summed E-state index contributed by atoms with van der Waals surface area (Å²) in [5, 5.41) is 8.36. The van der Waals surface area contributed by atoms with Crippen LogP contribution in [0.25, 0.3) is 0 Å². The fraction of sp³-hybridized carbons (Fsp3) is 0.389. The van der Waals surface area contributed by atoms with E-state index in [4.69, 9.17) is 11.6 Å². The minimum Gasteiger partial charge on any atom is -0.378 e. The average molecular weight is 360 g/mol. The van der Waals surface area contributed by atoms with Crippen molar-refractivity contribution in [3.63, 3.8) is 0 Å². The minimum absolute atomic E-state index is 0.166. The highest BCUT2D eigenvalue weighted by Gasteiger charge is 2.22. The molecule has 1 fully saturated rings. The first-order chi connectivity index (χ1) is 12.0. The van der Waals surface area contributed by atoms with E-state index in [-0.39, 0.29) is 5.91 Å². The summed E-state index contributed by atoms with van der Waals surface area (Å²) in [5.41, 5.74) is 2.18. The van der Waals surface area contributed by atoms with Crippen LogP contribution in [0.1, 0.15) is 5.56 Å². The Kier molecular flexibility index (Phi) is 5.38. The van der Waals surface area contributed by atoms with E-state index in [1.807, 2.05) is 54.2 Å². The summed E-state index contributed by atoms with van der Waals surface area (Å²) in [6.45, 7) is 2.89. The quantitative estimate of drug-likeness (QED) is 0.836. The maximum absolute atomic E-state index is 12.5. The van der Waals surface area contributed by atoms with E-state index in [1.165, 1.54) is 0 Å². The Hall–Kier alpha value is -2.34. The van der Waals surface area contributed by atoms with Crippen molar-refractivity contribution in [3.05, 3.63) is 47.1 Å². The Morgan fingerprint density at radius 3 is 2.28 bits per heavy atom. The molecule has 1 saturated heterocycles. The Morgan fingerprint density at radius 2 is 1.72 bits per heavy atom. The van der Waals surface area contributed by atoms with Crippen molar-refractivity contribution in [2.45, 2.75) is 6.42 Å². The number of hydrogen-bond acceptors (Lipinski definition) is 5. The van der Waals surface area contributed by atoms with Crippen LogP contribution in [0.3, 0.4) is 0 Å². The molecule has 1 amide bonds. The molecule has 0 saturated carbocycles. The lowest BCUT2D eigenvalue weighted by Crippen LogP contribution is -2.49. The second-order valence-corrected chi connectivity index (χ2v) is 6.71. The summed E-state index contributed by atoms with van der Waals surface area (Å²) in [7, 11) is 4.01. The molecule has 6 nitrogen and oxygen atoms in total. The largest absolute Gasteiger partial charge is 0.378 e. The van der Waals surface area contributed by atoms with Gasteiger partial charge in [-0.15, -0.1) is 10.2 Å². The molecule has 0 unspecified atom stereocenters. The van der Waals surface area contributed by atoms with E-state index < -0.39 is 0 Å². The Bertz CT molecular complexity index is 709. The zero-order chi connectivity index (χ0) is 17.8. The monoisotopic (exact) mass is 359 g/mol. The molecule has 7 heteroatoms. The van der Waals surface area contributed by atoms with Gasteiger partial charge >= 0.3 is 0 Å². The van der Waals surface area contributed by atoms with Crippen molar-refractivity contribution in [2.24, 2.45) is 0 Å². The van der Waals surface area contributed by atoms with Gasteiger partial charge in [0.1, 0.15) is 0 Å². The highest BCUT2D eigenvalue weighted by molar-refractivity contribution is 6.29. The van der Waals surface area contributed by atoms with Crippen LogP contribution in [0.15, 0.2) is 36.4 Å². The van der Waals surface area contributed by atoms with E-state index in [0.717, 1.165) is 30.2 Å². The molecule has 0 radical (unpaired) electrons. The summed E-state index contributed by atoms with van der Waals surface area (Å²) in [6.07, 6.45) is 0.439. The molecule has 2 heterocycles. The van der Waals surface area contributed by atoms with Gasteiger partial charge < -0.3 is 14.7 Å². The number of aromatic nitrogens is 2. The molecule has 0 aliphatic carbocycles. The molecule has 0 N–H and O–H groups in total. The number of anilines is 2. The van der Waals surface area contributed by atoms with Crippen LogP contribution >= 0.6 is 11.6 Å². The molecular formula is C18H22ClN5O. The third-order valence-corrected chi connectivity index (χ3v) is 4.58. The van der Waals surface area contributed by atoms with Gasteiger partial charge in [-0.3, -0.25) is 4.79 Å². The number of nitrogens with zero attached hydrogens (tertiary/aromatic N) is 5. The maximum Gasteiger partial charge on any atom is 0.227 e. The third-order valence-electron chi connectivity index (χ3n) is 4.38. The summed E-state index contributed by atoms with van der Waals surface area (Å²) >= 11 is 5.77. The number of hydrogen-bond donors (Lipinski definition) is 0. The Morgan fingerprint density at radius 1 is 1.04 bits per heavy atom. The van der Waals surface area contributed by atoms with Gasteiger partial charge in [0.15, 0.2) is 11.0 Å². The lowest BCUT2D eigenvalue weighted by molar-refractivity contribution is -0.130. The number of benzene rings is 1. The molecule has 1 aliphatic rings. The minimum atomic E-state index is 0.166. The SMILES string of the molecule is CN(C)c1ccc(CC(=O)N2CCN(c3ccc(Cl)nn3)CC2)cc1. The second-order valence-electron chi connectivity index (χ2n) is 6.32. The van der Waals surface area contributed by atoms with Crippen molar-refractivity contribution in [1.82, 2.24) is 15.1 Å². The summed E-state index contributed by atoms with van der Waals surface area (Å²) in [6, 6.07) is 11.7. The van der Waals surface area contributed by atoms with Crippen LogP contribution < -0.4 is 9.80 Å². The standard InChI is InChI=1S/C18H22ClN5O/c1-22(2)15-5-3-14(4-6-15)13-18(25)24-11-9-23(10-12-24)17-8-7-16(19)20-21-17/h3-8H,9-13H2,1-2H3. The van der Waals surface area contributed by atoms with Crippen LogP contribution in [-0.2, 0) is 11.2 Å². The molecule has 1 aromatic carbocycles. The first kappa shape index (κ1) is 17.5. The molecule has 2 aromatic rings. The lowest BCUT2D eigenvalue weighted by atomic mass is 10.1. The van der Waals surface area contributed by atoms with E-state index in [2.05, 4.69) is 15.1 Å². The van der Waals surface area contributed by atoms with Crippen molar-refractivity contribution in [2.75, 3.05) is 50.1 Å². The molecular weight excluding hydrogens is 338 g/mol. The van der Waals surface area contributed by atoms with E-state index >= 15 is 0 Å². The summed E-state index contributed by atoms with van der Waals surface area (Å²) in [4.78, 5) is 18.6. The molecule has 25 heavy (non-hydrogen) atoms. The van der Waals surface area contributed by atoms with E-state index in [9.17, 15) is 4.79 Å². The van der Waals surface area contributed by atoms with E-state index in [0.29, 0.717) is 24.7 Å². The van der Waals surface area contributed by atoms with Crippen LogP contribution in [0.2, 0.25) is 5.15 Å². The Labute approximate surface area is 153 Å². The van der Waals surface area contributed by atoms with E-state index in [1.54, 1.807) is 6.07 Å². The van der Waals surface area contributed by atoms with Crippen LogP contribution in [0, 0.1) is 0 Å². The van der Waals surface area contributed by atoms with Gasteiger partial charge in [-0.25, -0.2) is 0 Å². The predicted molar refractivity (Wildman–Crippen MR) is 100 cm³/mol. The molecule has 1 aromatic heterocycles. The number of rotatable bonds is 4. The zero-order valence-electron chi connectivity index (χ0n) is 14.5. The zero-order valence-corrected chi connectivity index (χ0v) is 15.3. The predicted octanol–water partition coefficient (Wildman–Crippen LogP) is 2.09. The van der Waals surface area contributed by atoms with Gasteiger partial charge in [-0.1, -0.05) is 23.7 Å². The van der Waals surface area contributed by atoms with Crippen molar-refractivity contribution in [1.29, 1.82) is 0 Å². The highest BCUT2D eigenvalue weighted by atomic mass is 35.5. The fourth-order valence-electron chi connectivity index (χ4n) is 2.86. The highest BCUT2D eigenvalue weighted by Crippen LogP contribution is 2.16. The number of carbonyl (C=O) groups excluding carboxylic acids is 1. The molecule has 0 bridgehead atoms. The van der Waals surface area contributed by atoms with Crippen LogP contribution in [0.4, 0.5) is 11.5 Å². The number of piperazine rings is 1. The van der Waals surface area contributed by atoms with Crippen molar-refractivity contribution < 1.29 is 4.79 Å². The smallest absolute Gasteiger partial charge is 0.227 e. The van der Waals surface area contributed by atoms with Crippen LogP contribution in [-0.4, -0.2) is 61.3 Å². The van der Waals surface area contributed by atoms with Gasteiger partial charge in [0, 0.05) is 46.0 Å². The lowest BCUT2D eigenvalue weighted by Gasteiger charge is -2.35. The van der Waals surface area contributed by atoms with Crippen molar-refractivity contribution in [3.8, 4) is 0 Å². The van der Waals surface area contributed by atoms with Gasteiger partial charge in [0.2, 0.25) is 5.91 Å². The maximum atomic E-state index is 12.5. The first-order valence-corrected chi connectivity index (χ1v) is 8.69. The normalized spacial score (nSPS) is 14.5. The van der Waals surface area contributed by atoms with Crippen molar-refractivity contribution >= 4 is 29.0 Å². The van der Waals surface area contributed by atoms with Gasteiger partial charge in [0.25, 0.3) is 0 Å². The molecule has 0 spiro atoms. The van der Waals surface area contributed by atoms with Crippen LogP contribution in [0.5, 0.6) is 0 Å². The molecule has 132 valence electrons. The molecule has 1 aliphatic heterocycles. The average Bonchev–Trinajstić information content (AvgIpc) is 2.63. The number of carbonyl (C=O) groups is 1. The molecule has 3 rings (SSSR count). The van der Waals surface area contributed by atoms with Gasteiger partial charge in [-0.2, -0.15) is 0 Å².